The van der Waals surface area contributed by atoms with Gasteiger partial charge in [0.05, 0.1) is 6.10 Å². The molecule has 1 atom stereocenters. The van der Waals surface area contributed by atoms with E-state index in [-0.39, 0.29) is 5.82 Å². The summed E-state index contributed by atoms with van der Waals surface area (Å²) in [6.45, 7) is 0. The van der Waals surface area contributed by atoms with Gasteiger partial charge in [0.2, 0.25) is 0 Å². The van der Waals surface area contributed by atoms with Gasteiger partial charge in [0.1, 0.15) is 5.82 Å². The Bertz CT molecular complexity index is 700. The lowest BCUT2D eigenvalue weighted by Gasteiger charge is -2.09. The van der Waals surface area contributed by atoms with Crippen molar-refractivity contribution in [1.82, 2.24) is 0 Å². The lowest BCUT2D eigenvalue weighted by atomic mass is 10.1. The van der Waals surface area contributed by atoms with E-state index in [1.165, 1.54) is 12.1 Å². The molecule has 3 aromatic rings. The molecule has 0 spiro atoms. The van der Waals surface area contributed by atoms with Crippen LogP contribution in [0.4, 0.5) is 4.39 Å². The average Bonchev–Trinajstić information content (AvgIpc) is 2.81. The van der Waals surface area contributed by atoms with Gasteiger partial charge in [-0.05, 0) is 41.3 Å². The van der Waals surface area contributed by atoms with Crippen LogP contribution in [0.1, 0.15) is 16.5 Å². The van der Waals surface area contributed by atoms with E-state index in [0.29, 0.717) is 10.9 Å². The van der Waals surface area contributed by atoms with E-state index >= 15 is 0 Å². The van der Waals surface area contributed by atoms with Gasteiger partial charge in [-0.2, -0.15) is 0 Å². The van der Waals surface area contributed by atoms with Gasteiger partial charge in [-0.3, -0.25) is 0 Å². The summed E-state index contributed by atoms with van der Waals surface area (Å²) in [6, 6.07) is 14.7. The molecule has 0 bridgehead atoms. The third-order valence-electron chi connectivity index (χ3n) is 3.12. The minimum atomic E-state index is -0.610. The zero-order valence-corrected chi connectivity index (χ0v) is 12.9. The Labute approximate surface area is 128 Å². The molecule has 1 N–H and O–H groups in total. The Kier molecular flexibility index (Phi) is 3.87. The maximum Gasteiger partial charge on any atom is 0.124 e. The zero-order valence-electron chi connectivity index (χ0n) is 10.5. The van der Waals surface area contributed by atoms with Crippen molar-refractivity contribution >= 4 is 37.4 Å². The number of rotatable bonds is 3. The van der Waals surface area contributed by atoms with E-state index in [0.717, 1.165) is 20.5 Å². The van der Waals surface area contributed by atoms with Gasteiger partial charge in [-0.1, -0.05) is 34.1 Å². The summed E-state index contributed by atoms with van der Waals surface area (Å²) in [5, 5.41) is 11.5. The molecule has 2 aromatic carbocycles. The van der Waals surface area contributed by atoms with E-state index in [4.69, 9.17) is 0 Å². The monoisotopic (exact) mass is 350 g/mol. The first-order valence-electron chi connectivity index (χ1n) is 6.23. The quantitative estimate of drug-likeness (QED) is 0.698. The van der Waals surface area contributed by atoms with Crippen LogP contribution in [0.3, 0.4) is 0 Å². The maximum absolute atomic E-state index is 13.3. The molecule has 0 saturated carbocycles. The zero-order chi connectivity index (χ0) is 14.1. The second kappa shape index (κ2) is 5.64. The maximum atomic E-state index is 13.3. The van der Waals surface area contributed by atoms with Crippen LogP contribution in [0.15, 0.2) is 53.0 Å². The Balaban J connectivity index is 1.86. The van der Waals surface area contributed by atoms with Crippen molar-refractivity contribution in [3.05, 3.63) is 69.3 Å². The van der Waals surface area contributed by atoms with Gasteiger partial charge < -0.3 is 5.11 Å². The van der Waals surface area contributed by atoms with Crippen LogP contribution in [0.25, 0.3) is 10.1 Å². The molecule has 1 unspecified atom stereocenters. The number of hydrogen-bond acceptors (Lipinski definition) is 2. The number of thiophene rings is 1. The lowest BCUT2D eigenvalue weighted by Crippen LogP contribution is -2.00. The summed E-state index contributed by atoms with van der Waals surface area (Å²) in [5.74, 6) is -0.294. The molecule has 4 heteroatoms. The first kappa shape index (κ1) is 13.7. The smallest absolute Gasteiger partial charge is 0.124 e. The third-order valence-corrected chi connectivity index (χ3v) is 4.80. The van der Waals surface area contributed by atoms with E-state index < -0.39 is 6.10 Å². The molecule has 20 heavy (non-hydrogen) atoms. The van der Waals surface area contributed by atoms with Crippen molar-refractivity contribution in [1.29, 1.82) is 0 Å². The normalized spacial score (nSPS) is 12.8. The van der Waals surface area contributed by atoms with E-state index in [1.54, 1.807) is 11.3 Å². The van der Waals surface area contributed by atoms with E-state index in [9.17, 15) is 9.50 Å². The SMILES string of the molecule is OC(Cc1cc(F)cc(Br)c1)c1cc2ccccc2s1. The number of benzene rings is 2. The summed E-state index contributed by atoms with van der Waals surface area (Å²) in [6.07, 6.45) is -0.204. The molecule has 3 rings (SSSR count). The summed E-state index contributed by atoms with van der Waals surface area (Å²) in [5.41, 5.74) is 0.779. The Morgan fingerprint density at radius 2 is 1.95 bits per heavy atom. The molecule has 0 aliphatic heterocycles. The molecule has 0 aliphatic carbocycles. The molecule has 0 fully saturated rings. The number of halogens is 2. The van der Waals surface area contributed by atoms with Crippen molar-refractivity contribution in [3.8, 4) is 0 Å². The van der Waals surface area contributed by atoms with Crippen molar-refractivity contribution in [2.45, 2.75) is 12.5 Å². The first-order chi connectivity index (χ1) is 9.61. The molecule has 0 saturated heterocycles. The standard InChI is InChI=1S/C16H12BrFOS/c17-12-5-10(6-13(18)9-12)7-14(19)16-8-11-3-1-2-4-15(11)20-16/h1-6,8-9,14,19H,7H2. The van der Waals surface area contributed by atoms with Crippen molar-refractivity contribution in [3.63, 3.8) is 0 Å². The van der Waals surface area contributed by atoms with Crippen molar-refractivity contribution in [2.24, 2.45) is 0 Å². The molecule has 0 radical (unpaired) electrons. The Morgan fingerprint density at radius 3 is 2.70 bits per heavy atom. The fourth-order valence-corrected chi connectivity index (χ4v) is 3.78. The summed E-state index contributed by atoms with van der Waals surface area (Å²) >= 11 is 4.85. The number of fused-ring (bicyclic) bond motifs is 1. The number of hydrogen-bond donors (Lipinski definition) is 1. The molecule has 1 heterocycles. The van der Waals surface area contributed by atoms with Gasteiger partial charge in [0.25, 0.3) is 0 Å². The Hall–Kier alpha value is -1.23. The molecule has 0 aliphatic rings. The number of aliphatic hydroxyl groups excluding tert-OH is 1. The molecule has 1 aromatic heterocycles. The minimum absolute atomic E-state index is 0.294. The highest BCUT2D eigenvalue weighted by molar-refractivity contribution is 9.10. The fraction of sp³-hybridized carbons (Fsp3) is 0.125. The second-order valence-electron chi connectivity index (χ2n) is 4.68. The molecule has 1 nitrogen and oxygen atoms in total. The number of aliphatic hydroxyl groups is 1. The highest BCUT2D eigenvalue weighted by Gasteiger charge is 2.13. The van der Waals surface area contributed by atoms with Gasteiger partial charge in [0, 0.05) is 20.5 Å². The summed E-state index contributed by atoms with van der Waals surface area (Å²) in [4.78, 5) is 0.909. The van der Waals surface area contributed by atoms with Crippen LogP contribution in [-0.4, -0.2) is 5.11 Å². The predicted octanol–water partition coefficient (Wildman–Crippen LogP) is 5.08. The molecular formula is C16H12BrFOS. The van der Waals surface area contributed by atoms with Crippen LogP contribution in [0.2, 0.25) is 0 Å². The van der Waals surface area contributed by atoms with E-state index in [2.05, 4.69) is 15.9 Å². The van der Waals surface area contributed by atoms with E-state index in [1.807, 2.05) is 36.4 Å². The lowest BCUT2D eigenvalue weighted by molar-refractivity contribution is 0.182. The first-order valence-corrected chi connectivity index (χ1v) is 7.84. The van der Waals surface area contributed by atoms with Crippen LogP contribution in [-0.2, 0) is 6.42 Å². The van der Waals surface area contributed by atoms with Crippen LogP contribution >= 0.6 is 27.3 Å². The second-order valence-corrected chi connectivity index (χ2v) is 6.72. The molecular weight excluding hydrogens is 339 g/mol. The van der Waals surface area contributed by atoms with Crippen LogP contribution in [0.5, 0.6) is 0 Å². The topological polar surface area (TPSA) is 20.2 Å². The van der Waals surface area contributed by atoms with Crippen molar-refractivity contribution in [2.75, 3.05) is 0 Å². The van der Waals surface area contributed by atoms with Gasteiger partial charge in [-0.25, -0.2) is 4.39 Å². The van der Waals surface area contributed by atoms with Gasteiger partial charge >= 0.3 is 0 Å². The van der Waals surface area contributed by atoms with Crippen LogP contribution in [0, 0.1) is 5.82 Å². The fourth-order valence-electron chi connectivity index (χ4n) is 2.22. The largest absolute Gasteiger partial charge is 0.387 e. The minimum Gasteiger partial charge on any atom is -0.387 e. The molecule has 0 amide bonds. The van der Waals surface area contributed by atoms with Crippen LogP contribution < -0.4 is 0 Å². The highest BCUT2D eigenvalue weighted by Crippen LogP contribution is 2.31. The molecule has 102 valence electrons. The predicted molar refractivity (Wildman–Crippen MR) is 84.6 cm³/mol. The van der Waals surface area contributed by atoms with Crippen molar-refractivity contribution < 1.29 is 9.50 Å². The highest BCUT2D eigenvalue weighted by atomic mass is 79.9. The third kappa shape index (κ3) is 2.92. The van der Waals surface area contributed by atoms with Gasteiger partial charge in [0.15, 0.2) is 0 Å². The van der Waals surface area contributed by atoms with Gasteiger partial charge in [-0.15, -0.1) is 11.3 Å². The average molecular weight is 351 g/mol. The Morgan fingerprint density at radius 1 is 1.15 bits per heavy atom. The summed E-state index contributed by atoms with van der Waals surface area (Å²) in [7, 11) is 0. The summed E-state index contributed by atoms with van der Waals surface area (Å²) < 4.78 is 15.2.